The molecule has 0 bridgehead atoms. The van der Waals surface area contributed by atoms with Crippen LogP contribution in [0, 0.1) is 0 Å². The molecule has 86 valence electrons. The number of hydrogen-bond acceptors (Lipinski definition) is 4. The van der Waals surface area contributed by atoms with E-state index in [-0.39, 0.29) is 11.5 Å². The van der Waals surface area contributed by atoms with Crippen molar-refractivity contribution in [3.8, 4) is 17.2 Å². The Labute approximate surface area is 98.1 Å². The zero-order valence-electron chi connectivity index (χ0n) is 8.91. The number of rotatable bonds is 2. The summed E-state index contributed by atoms with van der Waals surface area (Å²) in [6.07, 6.45) is 1.49. The number of aliphatic imine (C=N–C) groups is 1. The minimum atomic E-state index is -0.526. The second kappa shape index (κ2) is 4.57. The fourth-order valence-corrected chi connectivity index (χ4v) is 1.36. The smallest absolute Gasteiger partial charge is 0.200 e. The predicted octanol–water partition coefficient (Wildman–Crippen LogP) is 2.55. The van der Waals surface area contributed by atoms with E-state index in [0.29, 0.717) is 5.56 Å². The molecule has 17 heavy (non-hydrogen) atoms. The van der Waals surface area contributed by atoms with Gasteiger partial charge in [-0.15, -0.1) is 0 Å². The summed E-state index contributed by atoms with van der Waals surface area (Å²) >= 11 is 0. The lowest BCUT2D eigenvalue weighted by atomic mass is 10.2. The predicted molar refractivity (Wildman–Crippen MR) is 65.1 cm³/mol. The molecule has 0 amide bonds. The fourth-order valence-electron chi connectivity index (χ4n) is 1.36. The summed E-state index contributed by atoms with van der Waals surface area (Å²) in [5.41, 5.74) is 1.27. The van der Waals surface area contributed by atoms with Crippen LogP contribution >= 0.6 is 0 Å². The normalized spacial score (nSPS) is 10.8. The first-order valence-electron chi connectivity index (χ1n) is 5.01. The van der Waals surface area contributed by atoms with E-state index in [1.165, 1.54) is 18.3 Å². The molecular formula is C13H11NO3. The van der Waals surface area contributed by atoms with Crippen molar-refractivity contribution in [2.75, 3.05) is 0 Å². The van der Waals surface area contributed by atoms with Crippen molar-refractivity contribution in [3.05, 3.63) is 48.0 Å². The molecule has 0 saturated carbocycles. The third-order valence-corrected chi connectivity index (χ3v) is 2.21. The van der Waals surface area contributed by atoms with Crippen molar-refractivity contribution in [3.63, 3.8) is 0 Å². The van der Waals surface area contributed by atoms with Crippen LogP contribution in [0.4, 0.5) is 5.69 Å². The number of hydrogen-bond donors (Lipinski definition) is 3. The van der Waals surface area contributed by atoms with Crippen molar-refractivity contribution < 1.29 is 15.3 Å². The van der Waals surface area contributed by atoms with Gasteiger partial charge in [-0.05, 0) is 24.3 Å². The van der Waals surface area contributed by atoms with Crippen LogP contribution in [0.3, 0.4) is 0 Å². The fraction of sp³-hybridized carbons (Fsp3) is 0. The van der Waals surface area contributed by atoms with Gasteiger partial charge < -0.3 is 15.3 Å². The third-order valence-electron chi connectivity index (χ3n) is 2.21. The molecule has 2 aromatic rings. The topological polar surface area (TPSA) is 73.1 Å². The second-order valence-corrected chi connectivity index (χ2v) is 3.50. The van der Waals surface area contributed by atoms with Gasteiger partial charge in [0.25, 0.3) is 0 Å². The largest absolute Gasteiger partial charge is 0.504 e. The summed E-state index contributed by atoms with van der Waals surface area (Å²) in [7, 11) is 0. The molecule has 0 saturated heterocycles. The molecule has 0 spiro atoms. The summed E-state index contributed by atoms with van der Waals surface area (Å²) in [4.78, 5) is 4.16. The van der Waals surface area contributed by atoms with Crippen LogP contribution in [-0.2, 0) is 0 Å². The molecule has 0 aliphatic heterocycles. The quantitative estimate of drug-likeness (QED) is 0.547. The molecule has 4 nitrogen and oxygen atoms in total. The molecule has 0 radical (unpaired) electrons. The van der Waals surface area contributed by atoms with E-state index < -0.39 is 5.75 Å². The van der Waals surface area contributed by atoms with E-state index in [4.69, 9.17) is 0 Å². The van der Waals surface area contributed by atoms with Gasteiger partial charge in [-0.25, -0.2) is 0 Å². The Bertz CT molecular complexity index is 527. The van der Waals surface area contributed by atoms with Crippen molar-refractivity contribution in [2.24, 2.45) is 4.99 Å². The highest BCUT2D eigenvalue weighted by atomic mass is 16.3. The summed E-state index contributed by atoms with van der Waals surface area (Å²) in [6, 6.07) is 11.9. The van der Waals surface area contributed by atoms with Gasteiger partial charge in [-0.2, -0.15) is 0 Å². The van der Waals surface area contributed by atoms with Gasteiger partial charge in [0.1, 0.15) is 0 Å². The standard InChI is InChI=1S/C13H11NO3/c15-11-6-9(7-12(16)13(11)17)8-14-10-4-2-1-3-5-10/h1-8,15-17H/b14-8+. The average Bonchev–Trinajstić information content (AvgIpc) is 2.34. The van der Waals surface area contributed by atoms with Crippen molar-refractivity contribution in [1.29, 1.82) is 0 Å². The second-order valence-electron chi connectivity index (χ2n) is 3.50. The number of phenols is 3. The highest BCUT2D eigenvalue weighted by Gasteiger charge is 2.06. The number of aromatic hydroxyl groups is 3. The van der Waals surface area contributed by atoms with Crippen LogP contribution in [-0.4, -0.2) is 21.5 Å². The lowest BCUT2D eigenvalue weighted by molar-refractivity contribution is 0.368. The lowest BCUT2D eigenvalue weighted by Crippen LogP contribution is -1.81. The van der Waals surface area contributed by atoms with Crippen molar-refractivity contribution in [2.45, 2.75) is 0 Å². The summed E-state index contributed by atoms with van der Waals surface area (Å²) in [6.45, 7) is 0. The Kier molecular flexibility index (Phi) is 2.96. The van der Waals surface area contributed by atoms with Crippen molar-refractivity contribution in [1.82, 2.24) is 0 Å². The van der Waals surface area contributed by atoms with Gasteiger partial charge in [0.15, 0.2) is 17.2 Å². The number of para-hydroxylation sites is 1. The molecule has 4 heteroatoms. The summed E-state index contributed by atoms with van der Waals surface area (Å²) < 4.78 is 0. The molecule has 2 aromatic carbocycles. The van der Waals surface area contributed by atoms with Crippen LogP contribution in [0.5, 0.6) is 17.2 Å². The molecule has 0 aliphatic rings. The number of benzene rings is 2. The summed E-state index contributed by atoms with van der Waals surface area (Å²) in [5, 5.41) is 27.8. The Morgan fingerprint density at radius 1 is 0.882 bits per heavy atom. The lowest BCUT2D eigenvalue weighted by Gasteiger charge is -2.01. The van der Waals surface area contributed by atoms with E-state index in [2.05, 4.69) is 4.99 Å². The minimum Gasteiger partial charge on any atom is -0.504 e. The van der Waals surface area contributed by atoms with Gasteiger partial charge in [-0.3, -0.25) is 4.99 Å². The maximum Gasteiger partial charge on any atom is 0.200 e. The van der Waals surface area contributed by atoms with Crippen LogP contribution in [0.25, 0.3) is 0 Å². The van der Waals surface area contributed by atoms with Crippen LogP contribution in [0.1, 0.15) is 5.56 Å². The molecule has 0 fully saturated rings. The van der Waals surface area contributed by atoms with Crippen molar-refractivity contribution >= 4 is 11.9 Å². The number of phenolic OH excluding ortho intramolecular Hbond substituents is 3. The van der Waals surface area contributed by atoms with E-state index >= 15 is 0 Å². The van der Waals surface area contributed by atoms with Crippen LogP contribution in [0.2, 0.25) is 0 Å². The SMILES string of the molecule is Oc1cc(/C=N/c2ccccc2)cc(O)c1O. The molecule has 0 aromatic heterocycles. The molecule has 0 unspecified atom stereocenters. The third kappa shape index (κ3) is 2.55. The Morgan fingerprint density at radius 2 is 1.47 bits per heavy atom. The zero-order chi connectivity index (χ0) is 12.3. The molecule has 0 heterocycles. The Balaban J connectivity index is 2.28. The monoisotopic (exact) mass is 229 g/mol. The Morgan fingerprint density at radius 3 is 2.06 bits per heavy atom. The van der Waals surface area contributed by atoms with Gasteiger partial charge >= 0.3 is 0 Å². The maximum atomic E-state index is 9.31. The van der Waals surface area contributed by atoms with Crippen LogP contribution in [0.15, 0.2) is 47.5 Å². The van der Waals surface area contributed by atoms with Gasteiger partial charge in [0, 0.05) is 11.8 Å². The minimum absolute atomic E-state index is 0.375. The highest BCUT2D eigenvalue weighted by molar-refractivity contribution is 5.84. The molecule has 0 atom stereocenters. The number of nitrogens with zero attached hydrogens (tertiary/aromatic N) is 1. The Hall–Kier alpha value is -2.49. The molecule has 2 rings (SSSR count). The first-order chi connectivity index (χ1) is 8.16. The maximum absolute atomic E-state index is 9.31. The van der Waals surface area contributed by atoms with E-state index in [0.717, 1.165) is 5.69 Å². The zero-order valence-corrected chi connectivity index (χ0v) is 8.91. The van der Waals surface area contributed by atoms with Gasteiger partial charge in [0.2, 0.25) is 0 Å². The highest BCUT2D eigenvalue weighted by Crippen LogP contribution is 2.34. The van der Waals surface area contributed by atoms with Gasteiger partial charge in [-0.1, -0.05) is 18.2 Å². The first-order valence-corrected chi connectivity index (χ1v) is 5.01. The molecule has 0 aliphatic carbocycles. The molecule has 3 N–H and O–H groups in total. The van der Waals surface area contributed by atoms with E-state index in [1.807, 2.05) is 30.3 Å². The molecular weight excluding hydrogens is 218 g/mol. The first kappa shape index (κ1) is 11.0. The van der Waals surface area contributed by atoms with E-state index in [1.54, 1.807) is 0 Å². The average molecular weight is 229 g/mol. The van der Waals surface area contributed by atoms with Crippen LogP contribution < -0.4 is 0 Å². The summed E-state index contributed by atoms with van der Waals surface area (Å²) in [5.74, 6) is -1.28. The van der Waals surface area contributed by atoms with Gasteiger partial charge in [0.05, 0.1) is 5.69 Å². The van der Waals surface area contributed by atoms with E-state index in [9.17, 15) is 15.3 Å².